The second-order valence-electron chi connectivity index (χ2n) is 4.08. The van der Waals surface area contributed by atoms with Crippen LogP contribution in [-0.2, 0) is 0 Å². The Morgan fingerprint density at radius 1 is 1.33 bits per heavy atom. The minimum Gasteiger partial charge on any atom is -0.300 e. The van der Waals surface area contributed by atoms with Crippen molar-refractivity contribution in [1.82, 2.24) is 4.90 Å². The molecule has 1 aliphatic heterocycles. The molecular weight excluding hydrogens is 146 g/mol. The standard InChI is InChI=1S/C11H23N/c1-4-10(3)11-8-6-7-9-12(11)5-2/h10-11H,4-9H2,1-3H3. The van der Waals surface area contributed by atoms with Gasteiger partial charge in [0.05, 0.1) is 0 Å². The van der Waals surface area contributed by atoms with Crippen molar-refractivity contribution in [3.8, 4) is 0 Å². The maximum atomic E-state index is 2.66. The highest BCUT2D eigenvalue weighted by Gasteiger charge is 2.24. The molecule has 2 atom stereocenters. The molecule has 1 rings (SSSR count). The summed E-state index contributed by atoms with van der Waals surface area (Å²) in [6, 6.07) is 0.883. The average Bonchev–Trinajstić information content (AvgIpc) is 2.16. The van der Waals surface area contributed by atoms with Crippen LogP contribution >= 0.6 is 0 Å². The van der Waals surface area contributed by atoms with E-state index in [0.717, 1.165) is 12.0 Å². The van der Waals surface area contributed by atoms with Crippen LogP contribution in [0.15, 0.2) is 0 Å². The maximum Gasteiger partial charge on any atom is 0.0121 e. The Hall–Kier alpha value is -0.0400. The Kier molecular flexibility index (Phi) is 4.07. The molecule has 1 nitrogen and oxygen atoms in total. The summed E-state index contributed by atoms with van der Waals surface area (Å²) in [4.78, 5) is 2.66. The molecule has 1 heteroatoms. The lowest BCUT2D eigenvalue weighted by atomic mass is 9.90. The van der Waals surface area contributed by atoms with Crippen LogP contribution in [0.25, 0.3) is 0 Å². The van der Waals surface area contributed by atoms with Gasteiger partial charge in [-0.25, -0.2) is 0 Å². The van der Waals surface area contributed by atoms with E-state index in [4.69, 9.17) is 0 Å². The van der Waals surface area contributed by atoms with Gasteiger partial charge in [0.15, 0.2) is 0 Å². The number of hydrogen-bond acceptors (Lipinski definition) is 1. The number of nitrogens with zero attached hydrogens (tertiary/aromatic N) is 1. The summed E-state index contributed by atoms with van der Waals surface area (Å²) in [5, 5.41) is 0. The highest BCUT2D eigenvalue weighted by Crippen LogP contribution is 2.24. The summed E-state index contributed by atoms with van der Waals surface area (Å²) in [6.45, 7) is 9.59. The lowest BCUT2D eigenvalue weighted by Gasteiger charge is -2.38. The van der Waals surface area contributed by atoms with Gasteiger partial charge in [0.25, 0.3) is 0 Å². The molecule has 0 aromatic heterocycles. The third-order valence-electron chi connectivity index (χ3n) is 3.37. The Labute approximate surface area is 77.1 Å². The monoisotopic (exact) mass is 169 g/mol. The van der Waals surface area contributed by atoms with Crippen LogP contribution in [0.3, 0.4) is 0 Å². The molecule has 0 N–H and O–H groups in total. The molecule has 1 heterocycles. The molecule has 0 aliphatic carbocycles. The van der Waals surface area contributed by atoms with Gasteiger partial charge in [0, 0.05) is 6.04 Å². The van der Waals surface area contributed by atoms with Gasteiger partial charge in [-0.1, -0.05) is 33.6 Å². The molecule has 0 bridgehead atoms. The molecule has 0 spiro atoms. The molecule has 0 aromatic rings. The normalized spacial score (nSPS) is 28.8. The van der Waals surface area contributed by atoms with E-state index in [1.54, 1.807) is 0 Å². The molecule has 0 radical (unpaired) electrons. The first-order valence-electron chi connectivity index (χ1n) is 5.53. The number of hydrogen-bond donors (Lipinski definition) is 0. The first kappa shape index (κ1) is 10.0. The summed E-state index contributed by atoms with van der Waals surface area (Å²) in [6.07, 6.45) is 5.64. The van der Waals surface area contributed by atoms with E-state index >= 15 is 0 Å². The molecule has 1 fully saturated rings. The zero-order valence-electron chi connectivity index (χ0n) is 8.84. The highest BCUT2D eigenvalue weighted by molar-refractivity contribution is 4.79. The van der Waals surface area contributed by atoms with Gasteiger partial charge in [-0.2, -0.15) is 0 Å². The molecular formula is C11H23N. The summed E-state index contributed by atoms with van der Waals surface area (Å²) in [5.74, 6) is 0.894. The second-order valence-corrected chi connectivity index (χ2v) is 4.08. The Morgan fingerprint density at radius 2 is 2.08 bits per heavy atom. The SMILES string of the molecule is CCC(C)C1CCCCN1CC. The van der Waals surface area contributed by atoms with Gasteiger partial charge in [-0.3, -0.25) is 0 Å². The molecule has 0 saturated carbocycles. The molecule has 1 saturated heterocycles. The van der Waals surface area contributed by atoms with Crippen LogP contribution in [0.5, 0.6) is 0 Å². The first-order chi connectivity index (χ1) is 5.79. The topological polar surface area (TPSA) is 3.24 Å². The van der Waals surface area contributed by atoms with E-state index in [0.29, 0.717) is 0 Å². The lowest BCUT2D eigenvalue weighted by Crippen LogP contribution is -2.42. The van der Waals surface area contributed by atoms with Crippen molar-refractivity contribution < 1.29 is 0 Å². The molecule has 72 valence electrons. The molecule has 0 amide bonds. The smallest absolute Gasteiger partial charge is 0.0121 e. The molecule has 0 aromatic carbocycles. The predicted molar refractivity (Wildman–Crippen MR) is 54.3 cm³/mol. The predicted octanol–water partition coefficient (Wildman–Crippen LogP) is 2.91. The van der Waals surface area contributed by atoms with Crippen molar-refractivity contribution in [1.29, 1.82) is 0 Å². The van der Waals surface area contributed by atoms with E-state index in [9.17, 15) is 0 Å². The summed E-state index contributed by atoms with van der Waals surface area (Å²) in [7, 11) is 0. The van der Waals surface area contributed by atoms with E-state index in [2.05, 4.69) is 25.7 Å². The van der Waals surface area contributed by atoms with Crippen LogP contribution in [0.1, 0.15) is 46.5 Å². The number of likely N-dealkylation sites (tertiary alicyclic amines) is 1. The third-order valence-corrected chi connectivity index (χ3v) is 3.37. The Bertz CT molecular complexity index is 122. The van der Waals surface area contributed by atoms with Crippen LogP contribution in [0, 0.1) is 5.92 Å². The van der Waals surface area contributed by atoms with Crippen LogP contribution < -0.4 is 0 Å². The largest absolute Gasteiger partial charge is 0.300 e. The van der Waals surface area contributed by atoms with Gasteiger partial charge in [-0.15, -0.1) is 0 Å². The molecule has 1 aliphatic rings. The second kappa shape index (κ2) is 4.86. The third kappa shape index (κ3) is 2.22. The summed E-state index contributed by atoms with van der Waals surface area (Å²) < 4.78 is 0. The maximum absolute atomic E-state index is 2.66. The highest BCUT2D eigenvalue weighted by atomic mass is 15.2. The van der Waals surface area contributed by atoms with Crippen molar-refractivity contribution in [2.24, 2.45) is 5.92 Å². The van der Waals surface area contributed by atoms with Crippen LogP contribution in [-0.4, -0.2) is 24.0 Å². The van der Waals surface area contributed by atoms with Crippen LogP contribution in [0.2, 0.25) is 0 Å². The summed E-state index contributed by atoms with van der Waals surface area (Å²) >= 11 is 0. The van der Waals surface area contributed by atoms with Gasteiger partial charge in [-0.05, 0) is 31.8 Å². The number of rotatable bonds is 3. The van der Waals surface area contributed by atoms with E-state index in [1.807, 2.05) is 0 Å². The average molecular weight is 169 g/mol. The van der Waals surface area contributed by atoms with Gasteiger partial charge in [0.1, 0.15) is 0 Å². The fraction of sp³-hybridized carbons (Fsp3) is 1.00. The Morgan fingerprint density at radius 3 is 2.67 bits per heavy atom. The van der Waals surface area contributed by atoms with Gasteiger partial charge < -0.3 is 4.90 Å². The zero-order chi connectivity index (χ0) is 8.97. The van der Waals surface area contributed by atoms with Crippen molar-refractivity contribution >= 4 is 0 Å². The quantitative estimate of drug-likeness (QED) is 0.628. The lowest BCUT2D eigenvalue weighted by molar-refractivity contribution is 0.110. The number of piperidine rings is 1. The van der Waals surface area contributed by atoms with E-state index < -0.39 is 0 Å². The molecule has 12 heavy (non-hydrogen) atoms. The van der Waals surface area contributed by atoms with Crippen molar-refractivity contribution in [3.05, 3.63) is 0 Å². The fourth-order valence-electron chi connectivity index (χ4n) is 2.33. The minimum atomic E-state index is 0.883. The fourth-order valence-corrected chi connectivity index (χ4v) is 2.33. The van der Waals surface area contributed by atoms with Crippen molar-refractivity contribution in [3.63, 3.8) is 0 Å². The summed E-state index contributed by atoms with van der Waals surface area (Å²) in [5.41, 5.74) is 0. The van der Waals surface area contributed by atoms with Crippen molar-refractivity contribution in [2.45, 2.75) is 52.5 Å². The zero-order valence-corrected chi connectivity index (χ0v) is 8.84. The van der Waals surface area contributed by atoms with Gasteiger partial charge >= 0.3 is 0 Å². The Balaban J connectivity index is 2.46. The van der Waals surface area contributed by atoms with E-state index in [-0.39, 0.29) is 0 Å². The van der Waals surface area contributed by atoms with E-state index in [1.165, 1.54) is 38.8 Å². The first-order valence-corrected chi connectivity index (χ1v) is 5.53. The van der Waals surface area contributed by atoms with Crippen molar-refractivity contribution in [2.75, 3.05) is 13.1 Å². The molecule has 2 unspecified atom stereocenters. The minimum absolute atomic E-state index is 0.883. The van der Waals surface area contributed by atoms with Gasteiger partial charge in [0.2, 0.25) is 0 Å². The van der Waals surface area contributed by atoms with Crippen LogP contribution in [0.4, 0.5) is 0 Å².